The first-order chi connectivity index (χ1) is 7.81. The molecule has 0 fully saturated rings. The van der Waals surface area contributed by atoms with Gasteiger partial charge in [0.2, 0.25) is 0 Å². The highest BCUT2D eigenvalue weighted by Gasteiger charge is 2.23. The normalized spacial score (nSPS) is 19.9. The second-order valence-electron chi connectivity index (χ2n) is 4.16. The third-order valence-corrected chi connectivity index (χ3v) is 3.15. The number of hydrogen-bond acceptors (Lipinski definition) is 3. The lowest BCUT2D eigenvalue weighted by atomic mass is 10.0. The lowest BCUT2D eigenvalue weighted by molar-refractivity contribution is 0.338. The van der Waals surface area contributed by atoms with Crippen molar-refractivity contribution in [1.29, 1.82) is 0 Å². The molecule has 86 valence electrons. The van der Waals surface area contributed by atoms with Crippen LogP contribution >= 0.6 is 0 Å². The van der Waals surface area contributed by atoms with Gasteiger partial charge in [-0.3, -0.25) is 4.99 Å². The van der Waals surface area contributed by atoms with Crippen LogP contribution in [-0.4, -0.2) is 30.0 Å². The molecule has 0 aliphatic carbocycles. The number of nitrogens with zero attached hydrogens (tertiary/aromatic N) is 2. The number of aryl methyl sites for hydroxylation is 1. The van der Waals surface area contributed by atoms with Crippen LogP contribution in [0.4, 0.5) is 0 Å². The minimum Gasteiger partial charge on any atom is -0.370 e. The summed E-state index contributed by atoms with van der Waals surface area (Å²) in [6.45, 7) is 3.94. The average molecular weight is 217 g/mol. The fourth-order valence-electron chi connectivity index (χ4n) is 2.22. The predicted octanol–water partition coefficient (Wildman–Crippen LogP) is 1.64. The monoisotopic (exact) mass is 217 g/mol. The molecule has 1 atom stereocenters. The van der Waals surface area contributed by atoms with Crippen LogP contribution in [0, 0.1) is 0 Å². The van der Waals surface area contributed by atoms with Crippen LogP contribution < -0.4 is 5.73 Å². The molecule has 0 aromatic heterocycles. The van der Waals surface area contributed by atoms with Crippen molar-refractivity contribution >= 4 is 5.96 Å². The summed E-state index contributed by atoms with van der Waals surface area (Å²) in [5.41, 5.74) is 7.22. The summed E-state index contributed by atoms with van der Waals surface area (Å²) in [7, 11) is 0. The highest BCUT2D eigenvalue weighted by atomic mass is 15.3. The zero-order valence-electron chi connectivity index (χ0n) is 9.76. The summed E-state index contributed by atoms with van der Waals surface area (Å²) < 4.78 is 0. The fraction of sp³-hybridized carbons (Fsp3) is 0.462. The maximum Gasteiger partial charge on any atom is 0.191 e. The van der Waals surface area contributed by atoms with E-state index in [1.807, 2.05) is 0 Å². The van der Waals surface area contributed by atoms with E-state index >= 15 is 0 Å². The summed E-state index contributed by atoms with van der Waals surface area (Å²) in [5.74, 6) is 0.709. The number of guanidine groups is 1. The molecular weight excluding hydrogens is 198 g/mol. The molecule has 1 aliphatic rings. The quantitative estimate of drug-likeness (QED) is 0.833. The molecule has 0 spiro atoms. The Balaban J connectivity index is 1.88. The Bertz CT molecular complexity index is 359. The van der Waals surface area contributed by atoms with E-state index in [0.29, 0.717) is 12.0 Å². The van der Waals surface area contributed by atoms with E-state index < -0.39 is 0 Å². The molecule has 0 amide bonds. The van der Waals surface area contributed by atoms with Crippen LogP contribution in [0.1, 0.15) is 18.9 Å². The molecule has 16 heavy (non-hydrogen) atoms. The molecule has 1 unspecified atom stereocenters. The van der Waals surface area contributed by atoms with Crippen molar-refractivity contribution in [1.82, 2.24) is 4.90 Å². The predicted molar refractivity (Wildman–Crippen MR) is 67.4 cm³/mol. The molecule has 3 heteroatoms. The molecule has 1 aromatic rings. The number of likely N-dealkylation sites (N-methyl/N-ethyl adjacent to an activating group) is 1. The second kappa shape index (κ2) is 5.01. The van der Waals surface area contributed by atoms with E-state index in [1.54, 1.807) is 0 Å². The Morgan fingerprint density at radius 2 is 2.12 bits per heavy atom. The Kier molecular flexibility index (Phi) is 3.44. The van der Waals surface area contributed by atoms with Gasteiger partial charge >= 0.3 is 0 Å². The summed E-state index contributed by atoms with van der Waals surface area (Å²) in [5, 5.41) is 0. The van der Waals surface area contributed by atoms with Gasteiger partial charge < -0.3 is 10.6 Å². The van der Waals surface area contributed by atoms with Crippen molar-refractivity contribution in [3.63, 3.8) is 0 Å². The number of aliphatic imine (C=N–C) groups is 1. The van der Waals surface area contributed by atoms with Crippen molar-refractivity contribution in [2.75, 3.05) is 13.1 Å². The van der Waals surface area contributed by atoms with E-state index in [-0.39, 0.29) is 0 Å². The molecule has 1 aromatic carbocycles. The maximum absolute atomic E-state index is 5.82. The molecule has 2 N–H and O–H groups in total. The zero-order valence-corrected chi connectivity index (χ0v) is 9.76. The molecular formula is C13H19N3. The summed E-state index contributed by atoms with van der Waals surface area (Å²) in [4.78, 5) is 6.50. The third-order valence-electron chi connectivity index (χ3n) is 3.15. The molecule has 0 radical (unpaired) electrons. The van der Waals surface area contributed by atoms with E-state index in [1.165, 1.54) is 5.56 Å². The summed E-state index contributed by atoms with van der Waals surface area (Å²) >= 11 is 0. The summed E-state index contributed by atoms with van der Waals surface area (Å²) in [6, 6.07) is 11.1. The third kappa shape index (κ3) is 2.35. The Morgan fingerprint density at radius 1 is 1.38 bits per heavy atom. The van der Waals surface area contributed by atoms with Gasteiger partial charge in [-0.1, -0.05) is 30.3 Å². The van der Waals surface area contributed by atoms with Crippen molar-refractivity contribution in [2.24, 2.45) is 10.7 Å². The van der Waals surface area contributed by atoms with Gasteiger partial charge in [0.25, 0.3) is 0 Å². The van der Waals surface area contributed by atoms with Gasteiger partial charge in [0, 0.05) is 6.54 Å². The van der Waals surface area contributed by atoms with Crippen LogP contribution in [-0.2, 0) is 6.42 Å². The van der Waals surface area contributed by atoms with Crippen molar-refractivity contribution in [3.05, 3.63) is 35.9 Å². The van der Waals surface area contributed by atoms with Gasteiger partial charge in [-0.2, -0.15) is 0 Å². The molecule has 3 nitrogen and oxygen atoms in total. The molecule has 1 heterocycles. The lowest BCUT2D eigenvalue weighted by Gasteiger charge is -2.24. The number of benzene rings is 1. The smallest absolute Gasteiger partial charge is 0.191 e. The Morgan fingerprint density at radius 3 is 2.81 bits per heavy atom. The van der Waals surface area contributed by atoms with E-state index in [4.69, 9.17) is 5.73 Å². The Labute approximate surface area is 97.0 Å². The minimum absolute atomic E-state index is 0.491. The maximum atomic E-state index is 5.82. The summed E-state index contributed by atoms with van der Waals surface area (Å²) in [6.07, 6.45) is 2.23. The lowest BCUT2D eigenvalue weighted by Crippen LogP contribution is -2.40. The first kappa shape index (κ1) is 11.0. The minimum atomic E-state index is 0.491. The molecule has 0 bridgehead atoms. The van der Waals surface area contributed by atoms with E-state index in [9.17, 15) is 0 Å². The number of hydrogen-bond donors (Lipinski definition) is 1. The SMILES string of the molecule is CCN1C(N)=NCC1CCc1ccccc1. The highest BCUT2D eigenvalue weighted by molar-refractivity contribution is 5.80. The first-order valence-electron chi connectivity index (χ1n) is 5.91. The number of rotatable bonds is 4. The first-order valence-corrected chi connectivity index (χ1v) is 5.91. The van der Waals surface area contributed by atoms with Crippen LogP contribution in [0.25, 0.3) is 0 Å². The standard InChI is InChI=1S/C13H19N3/c1-2-16-12(10-15-13(16)14)9-8-11-6-4-3-5-7-11/h3-7,12H,2,8-10H2,1H3,(H2,14,15). The van der Waals surface area contributed by atoms with Gasteiger partial charge in [-0.15, -0.1) is 0 Å². The van der Waals surface area contributed by atoms with Crippen LogP contribution in [0.5, 0.6) is 0 Å². The fourth-order valence-corrected chi connectivity index (χ4v) is 2.22. The largest absolute Gasteiger partial charge is 0.370 e. The molecule has 0 saturated heterocycles. The van der Waals surface area contributed by atoms with Crippen LogP contribution in [0.2, 0.25) is 0 Å². The van der Waals surface area contributed by atoms with Crippen LogP contribution in [0.3, 0.4) is 0 Å². The average Bonchev–Trinajstić information content (AvgIpc) is 2.68. The van der Waals surface area contributed by atoms with Crippen molar-refractivity contribution < 1.29 is 0 Å². The number of nitrogens with two attached hydrogens (primary N) is 1. The van der Waals surface area contributed by atoms with Gasteiger partial charge in [0.1, 0.15) is 0 Å². The molecule has 2 rings (SSSR count). The zero-order chi connectivity index (χ0) is 11.4. The van der Waals surface area contributed by atoms with Crippen molar-refractivity contribution in [2.45, 2.75) is 25.8 Å². The van der Waals surface area contributed by atoms with Crippen LogP contribution in [0.15, 0.2) is 35.3 Å². The molecule has 0 saturated carbocycles. The van der Waals surface area contributed by atoms with Gasteiger partial charge in [0.05, 0.1) is 12.6 Å². The van der Waals surface area contributed by atoms with Crippen molar-refractivity contribution in [3.8, 4) is 0 Å². The highest BCUT2D eigenvalue weighted by Crippen LogP contribution is 2.14. The van der Waals surface area contributed by atoms with E-state index in [2.05, 4.69) is 47.1 Å². The second-order valence-corrected chi connectivity index (χ2v) is 4.16. The molecule has 1 aliphatic heterocycles. The van der Waals surface area contributed by atoms with Gasteiger partial charge in [0.15, 0.2) is 5.96 Å². The Hall–Kier alpha value is -1.51. The topological polar surface area (TPSA) is 41.6 Å². The van der Waals surface area contributed by atoms with Gasteiger partial charge in [-0.25, -0.2) is 0 Å². The van der Waals surface area contributed by atoms with Gasteiger partial charge in [-0.05, 0) is 25.3 Å². The van der Waals surface area contributed by atoms with E-state index in [0.717, 1.165) is 25.9 Å².